The minimum absolute atomic E-state index is 0.359. The Kier molecular flexibility index (Phi) is 5.77. The van der Waals surface area contributed by atoms with E-state index in [9.17, 15) is 0 Å². The highest BCUT2D eigenvalue weighted by molar-refractivity contribution is 4.84. The van der Waals surface area contributed by atoms with Gasteiger partial charge in [-0.1, -0.05) is 13.8 Å². The predicted molar refractivity (Wildman–Crippen MR) is 67.6 cm³/mol. The third-order valence-electron chi connectivity index (χ3n) is 3.85. The third kappa shape index (κ3) is 4.06. The van der Waals surface area contributed by atoms with Gasteiger partial charge in [-0.05, 0) is 50.9 Å². The van der Waals surface area contributed by atoms with Crippen molar-refractivity contribution < 1.29 is 9.47 Å². The van der Waals surface area contributed by atoms with Gasteiger partial charge in [0.15, 0.2) is 0 Å². The summed E-state index contributed by atoms with van der Waals surface area (Å²) in [6.07, 6.45) is 5.32. The smallest absolute Gasteiger partial charge is 0.0524 e. The van der Waals surface area contributed by atoms with Crippen LogP contribution in [0.1, 0.15) is 53.4 Å². The topological polar surface area (TPSA) is 18.5 Å². The number of hydrogen-bond donors (Lipinski definition) is 0. The average molecular weight is 228 g/mol. The van der Waals surface area contributed by atoms with Crippen LogP contribution in [0.4, 0.5) is 0 Å². The Morgan fingerprint density at radius 1 is 1.25 bits per heavy atom. The molecule has 1 aliphatic heterocycles. The summed E-state index contributed by atoms with van der Waals surface area (Å²) in [6.45, 7) is 11.7. The Labute approximate surface area is 101 Å². The first-order valence-electron chi connectivity index (χ1n) is 6.76. The molecular formula is C14H28O2. The van der Waals surface area contributed by atoms with Gasteiger partial charge in [0.2, 0.25) is 0 Å². The van der Waals surface area contributed by atoms with Crippen LogP contribution >= 0.6 is 0 Å². The van der Waals surface area contributed by atoms with Crippen LogP contribution in [0.25, 0.3) is 0 Å². The molecule has 0 aromatic carbocycles. The van der Waals surface area contributed by atoms with E-state index in [1.807, 2.05) is 0 Å². The molecule has 1 atom stereocenters. The van der Waals surface area contributed by atoms with Crippen molar-refractivity contribution in [3.8, 4) is 0 Å². The van der Waals surface area contributed by atoms with E-state index < -0.39 is 0 Å². The number of ether oxygens (including phenoxy) is 2. The zero-order valence-corrected chi connectivity index (χ0v) is 11.4. The molecule has 1 aliphatic rings. The van der Waals surface area contributed by atoms with Gasteiger partial charge in [-0.15, -0.1) is 0 Å². The van der Waals surface area contributed by atoms with Crippen molar-refractivity contribution in [1.29, 1.82) is 0 Å². The van der Waals surface area contributed by atoms with Crippen LogP contribution in [0.3, 0.4) is 0 Å². The Morgan fingerprint density at radius 3 is 2.50 bits per heavy atom. The number of hydrogen-bond acceptors (Lipinski definition) is 2. The van der Waals surface area contributed by atoms with E-state index in [0.29, 0.717) is 17.4 Å². The molecule has 2 heteroatoms. The molecule has 1 fully saturated rings. The largest absolute Gasteiger partial charge is 0.381 e. The lowest BCUT2D eigenvalue weighted by atomic mass is 9.70. The molecule has 0 aromatic rings. The van der Waals surface area contributed by atoms with Crippen molar-refractivity contribution in [2.24, 2.45) is 11.3 Å². The van der Waals surface area contributed by atoms with Gasteiger partial charge in [0.1, 0.15) is 0 Å². The molecular weight excluding hydrogens is 200 g/mol. The van der Waals surface area contributed by atoms with Crippen LogP contribution in [0.2, 0.25) is 0 Å². The molecule has 0 bridgehead atoms. The fraction of sp³-hybridized carbons (Fsp3) is 1.00. The first-order chi connectivity index (χ1) is 7.57. The van der Waals surface area contributed by atoms with E-state index in [4.69, 9.17) is 9.47 Å². The van der Waals surface area contributed by atoms with E-state index in [1.54, 1.807) is 0 Å². The van der Waals surface area contributed by atoms with Crippen molar-refractivity contribution in [3.05, 3.63) is 0 Å². The maximum atomic E-state index is 5.68. The van der Waals surface area contributed by atoms with Crippen LogP contribution in [0.15, 0.2) is 0 Å². The second-order valence-corrected chi connectivity index (χ2v) is 5.70. The van der Waals surface area contributed by atoms with Crippen molar-refractivity contribution in [1.82, 2.24) is 0 Å². The van der Waals surface area contributed by atoms with Crippen LogP contribution in [0, 0.1) is 11.3 Å². The maximum Gasteiger partial charge on any atom is 0.0524 e. The average Bonchev–Trinajstić information content (AvgIpc) is 2.25. The quantitative estimate of drug-likeness (QED) is 0.646. The van der Waals surface area contributed by atoms with Crippen molar-refractivity contribution in [2.45, 2.75) is 59.5 Å². The van der Waals surface area contributed by atoms with Gasteiger partial charge in [0.25, 0.3) is 0 Å². The molecule has 16 heavy (non-hydrogen) atoms. The zero-order chi connectivity index (χ0) is 12.0. The van der Waals surface area contributed by atoms with Gasteiger partial charge in [-0.25, -0.2) is 0 Å². The normalized spacial score (nSPS) is 26.6. The standard InChI is InChI=1S/C14H28O2/c1-12(2)14(7-5-9-15-11-14)8-6-10-16-13(3)4/h12-13H,5-11H2,1-4H3. The van der Waals surface area contributed by atoms with E-state index in [0.717, 1.165) is 19.8 Å². The minimum Gasteiger partial charge on any atom is -0.381 e. The van der Waals surface area contributed by atoms with Crippen LogP contribution < -0.4 is 0 Å². The Hall–Kier alpha value is -0.0800. The summed E-state index contributed by atoms with van der Waals surface area (Å²) in [7, 11) is 0. The van der Waals surface area contributed by atoms with Crippen molar-refractivity contribution in [2.75, 3.05) is 19.8 Å². The highest BCUT2D eigenvalue weighted by Gasteiger charge is 2.35. The van der Waals surface area contributed by atoms with Crippen molar-refractivity contribution in [3.63, 3.8) is 0 Å². The molecule has 0 amide bonds. The molecule has 0 aliphatic carbocycles. The molecule has 2 nitrogen and oxygen atoms in total. The summed E-state index contributed by atoms with van der Waals surface area (Å²) >= 11 is 0. The second kappa shape index (κ2) is 6.61. The van der Waals surface area contributed by atoms with E-state index in [1.165, 1.54) is 25.7 Å². The zero-order valence-electron chi connectivity index (χ0n) is 11.4. The van der Waals surface area contributed by atoms with Gasteiger partial charge in [-0.3, -0.25) is 0 Å². The highest BCUT2D eigenvalue weighted by Crippen LogP contribution is 2.40. The first kappa shape index (κ1) is 14.0. The third-order valence-corrected chi connectivity index (χ3v) is 3.85. The maximum absolute atomic E-state index is 5.68. The van der Waals surface area contributed by atoms with Crippen LogP contribution in [-0.4, -0.2) is 25.9 Å². The minimum atomic E-state index is 0.359. The van der Waals surface area contributed by atoms with Crippen LogP contribution in [0.5, 0.6) is 0 Å². The second-order valence-electron chi connectivity index (χ2n) is 5.70. The SMILES string of the molecule is CC(C)OCCCC1(C(C)C)CCCOC1. The summed E-state index contributed by atoms with van der Waals surface area (Å²) in [5, 5.41) is 0. The van der Waals surface area contributed by atoms with Gasteiger partial charge < -0.3 is 9.47 Å². The Morgan fingerprint density at radius 2 is 2.00 bits per heavy atom. The summed E-state index contributed by atoms with van der Waals surface area (Å²) in [5.41, 5.74) is 0.415. The predicted octanol–water partition coefficient (Wildman–Crippen LogP) is 3.64. The molecule has 1 unspecified atom stereocenters. The van der Waals surface area contributed by atoms with E-state index in [2.05, 4.69) is 27.7 Å². The van der Waals surface area contributed by atoms with Gasteiger partial charge in [0.05, 0.1) is 12.7 Å². The van der Waals surface area contributed by atoms with Gasteiger partial charge in [-0.2, -0.15) is 0 Å². The van der Waals surface area contributed by atoms with E-state index in [-0.39, 0.29) is 0 Å². The molecule has 1 heterocycles. The van der Waals surface area contributed by atoms with Crippen LogP contribution in [-0.2, 0) is 9.47 Å². The lowest BCUT2D eigenvalue weighted by molar-refractivity contribution is -0.0453. The van der Waals surface area contributed by atoms with Crippen molar-refractivity contribution >= 4 is 0 Å². The molecule has 1 saturated heterocycles. The molecule has 0 saturated carbocycles. The Balaban J connectivity index is 2.33. The highest BCUT2D eigenvalue weighted by atomic mass is 16.5. The molecule has 0 radical (unpaired) electrons. The lowest BCUT2D eigenvalue weighted by Crippen LogP contribution is -2.36. The molecule has 96 valence electrons. The molecule has 1 rings (SSSR count). The van der Waals surface area contributed by atoms with Gasteiger partial charge in [0, 0.05) is 13.2 Å². The monoisotopic (exact) mass is 228 g/mol. The lowest BCUT2D eigenvalue weighted by Gasteiger charge is -2.40. The molecule has 0 spiro atoms. The number of rotatable bonds is 6. The molecule has 0 aromatic heterocycles. The summed E-state index contributed by atoms with van der Waals surface area (Å²) in [6, 6.07) is 0. The fourth-order valence-electron chi connectivity index (χ4n) is 2.56. The molecule has 0 N–H and O–H groups in total. The first-order valence-corrected chi connectivity index (χ1v) is 6.76. The summed E-state index contributed by atoms with van der Waals surface area (Å²) in [4.78, 5) is 0. The van der Waals surface area contributed by atoms with E-state index >= 15 is 0 Å². The fourth-order valence-corrected chi connectivity index (χ4v) is 2.56. The van der Waals surface area contributed by atoms with Gasteiger partial charge >= 0.3 is 0 Å². The summed E-state index contributed by atoms with van der Waals surface area (Å²) in [5.74, 6) is 0.715. The Bertz CT molecular complexity index is 181. The summed E-state index contributed by atoms with van der Waals surface area (Å²) < 4.78 is 11.3.